The number of rotatable bonds is 2. The predicted molar refractivity (Wildman–Crippen MR) is 52.3 cm³/mol. The SMILES string of the molecule is CCCC(=O)O.Oc1ccccc1O. The van der Waals surface area contributed by atoms with Crippen molar-refractivity contribution in [1.82, 2.24) is 0 Å². The third kappa shape index (κ3) is 5.88. The van der Waals surface area contributed by atoms with Gasteiger partial charge in [-0.25, -0.2) is 0 Å². The van der Waals surface area contributed by atoms with Crippen LogP contribution in [0.2, 0.25) is 0 Å². The minimum atomic E-state index is -0.711. The molecule has 0 radical (unpaired) electrons. The molecule has 0 saturated heterocycles. The molecule has 4 nitrogen and oxygen atoms in total. The molecular formula is C10H14O4. The van der Waals surface area contributed by atoms with Gasteiger partial charge in [-0.2, -0.15) is 0 Å². The molecule has 0 bridgehead atoms. The first-order valence-electron chi connectivity index (χ1n) is 4.26. The second-order valence-corrected chi connectivity index (χ2v) is 2.63. The maximum atomic E-state index is 9.60. The van der Waals surface area contributed by atoms with E-state index in [9.17, 15) is 4.79 Å². The summed E-state index contributed by atoms with van der Waals surface area (Å²) >= 11 is 0. The lowest BCUT2D eigenvalue weighted by Crippen LogP contribution is -1.90. The molecule has 0 unspecified atom stereocenters. The first kappa shape index (κ1) is 12.3. The van der Waals surface area contributed by atoms with E-state index in [4.69, 9.17) is 15.3 Å². The van der Waals surface area contributed by atoms with Gasteiger partial charge in [-0.3, -0.25) is 4.79 Å². The van der Waals surface area contributed by atoms with Crippen LogP contribution in [-0.2, 0) is 4.79 Å². The highest BCUT2D eigenvalue weighted by Crippen LogP contribution is 2.21. The van der Waals surface area contributed by atoms with Crippen molar-refractivity contribution in [1.29, 1.82) is 0 Å². The summed E-state index contributed by atoms with van der Waals surface area (Å²) in [6.07, 6.45) is 1.02. The number of phenols is 2. The Hall–Kier alpha value is -1.71. The molecule has 0 atom stereocenters. The Bertz CT molecular complexity index is 262. The van der Waals surface area contributed by atoms with Crippen molar-refractivity contribution in [3.8, 4) is 11.5 Å². The molecule has 0 aromatic heterocycles. The second kappa shape index (κ2) is 6.77. The average Bonchev–Trinajstić information content (AvgIpc) is 2.11. The van der Waals surface area contributed by atoms with Crippen molar-refractivity contribution in [2.45, 2.75) is 19.8 Å². The van der Waals surface area contributed by atoms with Gasteiger partial charge < -0.3 is 15.3 Å². The average molecular weight is 198 g/mol. The van der Waals surface area contributed by atoms with Crippen LogP contribution in [0.25, 0.3) is 0 Å². The van der Waals surface area contributed by atoms with Gasteiger partial charge in [0, 0.05) is 6.42 Å². The summed E-state index contributed by atoms with van der Waals surface area (Å²) in [6.45, 7) is 1.84. The standard InChI is InChI=1S/C6H6O2.C4H8O2/c7-5-3-1-2-4-6(5)8;1-2-3-4(5)6/h1-4,7-8H;2-3H2,1H3,(H,5,6). The number of carbonyl (C=O) groups is 1. The van der Waals surface area contributed by atoms with E-state index in [2.05, 4.69) is 0 Å². The summed E-state index contributed by atoms with van der Waals surface area (Å²) < 4.78 is 0. The minimum absolute atomic E-state index is 0.0764. The Labute approximate surface area is 82.4 Å². The van der Waals surface area contributed by atoms with E-state index in [0.717, 1.165) is 6.42 Å². The molecule has 0 aliphatic rings. The van der Waals surface area contributed by atoms with E-state index in [1.807, 2.05) is 6.92 Å². The Morgan fingerprint density at radius 1 is 1.21 bits per heavy atom. The fraction of sp³-hybridized carbons (Fsp3) is 0.300. The molecule has 1 rings (SSSR count). The maximum absolute atomic E-state index is 9.60. The Morgan fingerprint density at radius 3 is 1.79 bits per heavy atom. The van der Waals surface area contributed by atoms with Gasteiger partial charge in [-0.15, -0.1) is 0 Å². The maximum Gasteiger partial charge on any atom is 0.303 e. The van der Waals surface area contributed by atoms with Crippen molar-refractivity contribution in [2.75, 3.05) is 0 Å². The fourth-order valence-electron chi connectivity index (χ4n) is 0.678. The Kier molecular flexibility index (Phi) is 5.94. The molecule has 0 heterocycles. The zero-order chi connectivity index (χ0) is 11.0. The Morgan fingerprint density at radius 2 is 1.64 bits per heavy atom. The lowest BCUT2D eigenvalue weighted by molar-refractivity contribution is -0.137. The number of hydrogen-bond donors (Lipinski definition) is 3. The summed E-state index contributed by atoms with van der Waals surface area (Å²) in [7, 11) is 0. The highest BCUT2D eigenvalue weighted by Gasteiger charge is 1.90. The molecule has 0 spiro atoms. The highest BCUT2D eigenvalue weighted by atomic mass is 16.4. The quantitative estimate of drug-likeness (QED) is 0.635. The van der Waals surface area contributed by atoms with Crippen LogP contribution in [0.4, 0.5) is 0 Å². The zero-order valence-electron chi connectivity index (χ0n) is 7.97. The molecule has 0 aliphatic carbocycles. The number of phenolic OH excluding ortho intramolecular Hbond substituents is 2. The van der Waals surface area contributed by atoms with Crippen LogP contribution in [0.15, 0.2) is 24.3 Å². The molecule has 0 saturated carbocycles. The number of aromatic hydroxyl groups is 2. The molecule has 0 fully saturated rings. The minimum Gasteiger partial charge on any atom is -0.504 e. The van der Waals surface area contributed by atoms with E-state index < -0.39 is 5.97 Å². The topological polar surface area (TPSA) is 77.8 Å². The van der Waals surface area contributed by atoms with Crippen molar-refractivity contribution in [3.63, 3.8) is 0 Å². The molecule has 14 heavy (non-hydrogen) atoms. The largest absolute Gasteiger partial charge is 0.504 e. The molecule has 1 aromatic carbocycles. The van der Waals surface area contributed by atoms with Crippen LogP contribution in [-0.4, -0.2) is 21.3 Å². The first-order valence-corrected chi connectivity index (χ1v) is 4.26. The summed E-state index contributed by atoms with van der Waals surface area (Å²) in [6, 6.07) is 6.15. The zero-order valence-corrected chi connectivity index (χ0v) is 7.97. The lowest BCUT2D eigenvalue weighted by Gasteiger charge is -1.91. The number of para-hydroxylation sites is 2. The van der Waals surface area contributed by atoms with Crippen LogP contribution in [0, 0.1) is 0 Å². The van der Waals surface area contributed by atoms with E-state index >= 15 is 0 Å². The number of hydrogen-bond acceptors (Lipinski definition) is 3. The first-order chi connectivity index (χ1) is 6.57. The van der Waals surface area contributed by atoms with Crippen LogP contribution in [0.5, 0.6) is 11.5 Å². The van der Waals surface area contributed by atoms with Gasteiger partial charge in [0.15, 0.2) is 11.5 Å². The van der Waals surface area contributed by atoms with E-state index in [1.54, 1.807) is 12.1 Å². The normalized spacial score (nSPS) is 8.64. The van der Waals surface area contributed by atoms with Crippen LogP contribution < -0.4 is 0 Å². The van der Waals surface area contributed by atoms with Gasteiger partial charge in [0.05, 0.1) is 0 Å². The Balaban J connectivity index is 0.000000255. The van der Waals surface area contributed by atoms with Crippen molar-refractivity contribution in [2.24, 2.45) is 0 Å². The van der Waals surface area contributed by atoms with Gasteiger partial charge in [-0.1, -0.05) is 19.1 Å². The van der Waals surface area contributed by atoms with E-state index in [0.29, 0.717) is 6.42 Å². The number of aliphatic carboxylic acids is 1. The van der Waals surface area contributed by atoms with Crippen LogP contribution in [0.1, 0.15) is 19.8 Å². The summed E-state index contributed by atoms with van der Waals surface area (Å²) in [5.74, 6) is -0.863. The van der Waals surface area contributed by atoms with Gasteiger partial charge in [0.1, 0.15) is 0 Å². The number of carboxylic acids is 1. The van der Waals surface area contributed by atoms with Gasteiger partial charge in [-0.05, 0) is 18.6 Å². The van der Waals surface area contributed by atoms with E-state index in [-0.39, 0.29) is 11.5 Å². The fourth-order valence-corrected chi connectivity index (χ4v) is 0.678. The summed E-state index contributed by atoms with van der Waals surface area (Å²) in [5, 5.41) is 25.3. The summed E-state index contributed by atoms with van der Waals surface area (Å²) in [5.41, 5.74) is 0. The van der Waals surface area contributed by atoms with Crippen molar-refractivity contribution >= 4 is 5.97 Å². The smallest absolute Gasteiger partial charge is 0.303 e. The number of benzene rings is 1. The predicted octanol–water partition coefficient (Wildman–Crippen LogP) is 1.97. The van der Waals surface area contributed by atoms with Gasteiger partial charge >= 0.3 is 5.97 Å². The third-order valence-corrected chi connectivity index (χ3v) is 1.35. The lowest BCUT2D eigenvalue weighted by atomic mass is 10.3. The monoisotopic (exact) mass is 198 g/mol. The van der Waals surface area contributed by atoms with Crippen molar-refractivity contribution < 1.29 is 20.1 Å². The second-order valence-electron chi connectivity index (χ2n) is 2.63. The van der Waals surface area contributed by atoms with Crippen LogP contribution in [0.3, 0.4) is 0 Å². The van der Waals surface area contributed by atoms with Gasteiger partial charge in [0.2, 0.25) is 0 Å². The third-order valence-electron chi connectivity index (χ3n) is 1.35. The molecule has 1 aromatic rings. The molecule has 0 aliphatic heterocycles. The summed E-state index contributed by atoms with van der Waals surface area (Å²) in [4.78, 5) is 9.60. The van der Waals surface area contributed by atoms with E-state index in [1.165, 1.54) is 12.1 Å². The van der Waals surface area contributed by atoms with Gasteiger partial charge in [0.25, 0.3) is 0 Å². The molecule has 4 heteroatoms. The number of carboxylic acid groups (broad SMARTS) is 1. The molecule has 3 N–H and O–H groups in total. The molecule has 0 amide bonds. The van der Waals surface area contributed by atoms with Crippen molar-refractivity contribution in [3.05, 3.63) is 24.3 Å². The highest BCUT2D eigenvalue weighted by molar-refractivity contribution is 5.66. The molecule has 78 valence electrons. The molecular weight excluding hydrogens is 184 g/mol. The van der Waals surface area contributed by atoms with Crippen LogP contribution >= 0.6 is 0 Å².